The zero-order chi connectivity index (χ0) is 14.4. The number of hydrogen-bond acceptors (Lipinski definition) is 5. The van der Waals surface area contributed by atoms with Crippen molar-refractivity contribution in [3.05, 3.63) is 35.5 Å². The molecule has 0 saturated heterocycles. The highest BCUT2D eigenvalue weighted by Crippen LogP contribution is 2.23. The van der Waals surface area contributed by atoms with Crippen LogP contribution >= 0.6 is 11.6 Å². The molecule has 1 heterocycles. The Bertz CT molecular complexity index is 561. The highest BCUT2D eigenvalue weighted by molar-refractivity contribution is 6.29. The third-order valence-corrected chi connectivity index (χ3v) is 2.89. The first kappa shape index (κ1) is 14.6. The molecule has 0 atom stereocenters. The molecular formula is C14H16ClN3O2. The van der Waals surface area contributed by atoms with Crippen molar-refractivity contribution in [3.8, 4) is 17.0 Å². The van der Waals surface area contributed by atoms with Gasteiger partial charge < -0.3 is 15.2 Å². The summed E-state index contributed by atoms with van der Waals surface area (Å²) in [7, 11) is 1.62. The second-order valence-corrected chi connectivity index (χ2v) is 4.52. The van der Waals surface area contributed by atoms with Crippen molar-refractivity contribution >= 4 is 17.5 Å². The number of aliphatic hydroxyl groups excluding tert-OH is 1. The number of nitrogens with one attached hydrogen (secondary N) is 1. The molecule has 2 rings (SSSR count). The average Bonchev–Trinajstić information content (AvgIpc) is 2.47. The normalized spacial score (nSPS) is 10.3. The third-order valence-electron chi connectivity index (χ3n) is 2.70. The Balaban J connectivity index is 2.21. The first-order valence-electron chi connectivity index (χ1n) is 6.26. The van der Waals surface area contributed by atoms with Crippen LogP contribution in [0.15, 0.2) is 30.3 Å². The van der Waals surface area contributed by atoms with Gasteiger partial charge in [0.05, 0.1) is 12.8 Å². The van der Waals surface area contributed by atoms with E-state index in [4.69, 9.17) is 21.4 Å². The molecule has 0 aliphatic rings. The van der Waals surface area contributed by atoms with E-state index in [0.717, 1.165) is 17.0 Å². The van der Waals surface area contributed by atoms with E-state index in [1.54, 1.807) is 13.2 Å². The molecule has 0 aliphatic heterocycles. The highest BCUT2D eigenvalue weighted by atomic mass is 35.5. The SMILES string of the molecule is COc1ccc(-c2cc(Cl)nc(NCCCO)n2)cc1. The summed E-state index contributed by atoms with van der Waals surface area (Å²) in [6.45, 7) is 0.720. The Morgan fingerprint density at radius 1 is 1.25 bits per heavy atom. The standard InChI is InChI=1S/C14H16ClN3O2/c1-20-11-5-3-10(4-6-11)12-9-13(15)18-14(17-12)16-7-2-8-19/h3-6,9,19H,2,7-8H2,1H3,(H,16,17,18). The Morgan fingerprint density at radius 2 is 2.00 bits per heavy atom. The van der Waals surface area contributed by atoms with E-state index < -0.39 is 0 Å². The third kappa shape index (κ3) is 3.82. The van der Waals surface area contributed by atoms with Gasteiger partial charge in [-0.2, -0.15) is 0 Å². The van der Waals surface area contributed by atoms with E-state index >= 15 is 0 Å². The van der Waals surface area contributed by atoms with Gasteiger partial charge in [0, 0.05) is 24.8 Å². The predicted molar refractivity (Wildman–Crippen MR) is 79.2 cm³/mol. The van der Waals surface area contributed by atoms with Gasteiger partial charge in [0.1, 0.15) is 10.9 Å². The van der Waals surface area contributed by atoms with Gasteiger partial charge in [0.2, 0.25) is 5.95 Å². The van der Waals surface area contributed by atoms with Crippen molar-refractivity contribution < 1.29 is 9.84 Å². The molecule has 2 N–H and O–H groups in total. The maximum atomic E-state index is 8.76. The lowest BCUT2D eigenvalue weighted by atomic mass is 10.1. The number of aromatic nitrogens is 2. The van der Waals surface area contributed by atoms with Gasteiger partial charge in [-0.1, -0.05) is 11.6 Å². The van der Waals surface area contributed by atoms with Crippen LogP contribution in [0.3, 0.4) is 0 Å². The fourth-order valence-electron chi connectivity index (χ4n) is 1.69. The summed E-state index contributed by atoms with van der Waals surface area (Å²) < 4.78 is 5.12. The molecule has 0 radical (unpaired) electrons. The minimum absolute atomic E-state index is 0.124. The van der Waals surface area contributed by atoms with Crippen LogP contribution in [0, 0.1) is 0 Å². The highest BCUT2D eigenvalue weighted by Gasteiger charge is 2.05. The fraction of sp³-hybridized carbons (Fsp3) is 0.286. The van der Waals surface area contributed by atoms with Crippen molar-refractivity contribution in [3.63, 3.8) is 0 Å². The number of halogens is 1. The molecule has 0 unspecified atom stereocenters. The summed E-state index contributed by atoms with van der Waals surface area (Å²) in [6.07, 6.45) is 0.633. The largest absolute Gasteiger partial charge is 0.497 e. The zero-order valence-corrected chi connectivity index (χ0v) is 11.9. The van der Waals surface area contributed by atoms with E-state index in [2.05, 4.69) is 15.3 Å². The molecule has 0 aliphatic carbocycles. The number of rotatable bonds is 6. The fourth-order valence-corrected chi connectivity index (χ4v) is 1.87. The minimum Gasteiger partial charge on any atom is -0.497 e. The van der Waals surface area contributed by atoms with Crippen molar-refractivity contribution in [2.24, 2.45) is 0 Å². The van der Waals surface area contributed by atoms with Gasteiger partial charge in [0.15, 0.2) is 0 Å². The maximum Gasteiger partial charge on any atom is 0.224 e. The molecule has 20 heavy (non-hydrogen) atoms. The zero-order valence-electron chi connectivity index (χ0n) is 11.1. The van der Waals surface area contributed by atoms with Crippen LogP contribution in [0.25, 0.3) is 11.3 Å². The van der Waals surface area contributed by atoms with Crippen molar-refractivity contribution in [2.45, 2.75) is 6.42 Å². The summed E-state index contributed by atoms with van der Waals surface area (Å²) >= 11 is 6.01. The number of ether oxygens (including phenoxy) is 1. The van der Waals surface area contributed by atoms with Crippen LogP contribution in [0.5, 0.6) is 5.75 Å². The van der Waals surface area contributed by atoms with Gasteiger partial charge >= 0.3 is 0 Å². The average molecular weight is 294 g/mol. The number of anilines is 1. The quantitative estimate of drug-likeness (QED) is 0.633. The second-order valence-electron chi connectivity index (χ2n) is 4.13. The van der Waals surface area contributed by atoms with Gasteiger partial charge in [0.25, 0.3) is 0 Å². The van der Waals surface area contributed by atoms with Gasteiger partial charge in [-0.05, 0) is 30.7 Å². The van der Waals surface area contributed by atoms with E-state index in [1.807, 2.05) is 24.3 Å². The van der Waals surface area contributed by atoms with E-state index in [9.17, 15) is 0 Å². The smallest absolute Gasteiger partial charge is 0.224 e. The predicted octanol–water partition coefficient (Wildman–Crippen LogP) is 2.60. The topological polar surface area (TPSA) is 67.3 Å². The Labute approximate surface area is 122 Å². The molecule has 0 saturated carbocycles. The molecule has 5 nitrogen and oxygen atoms in total. The number of hydrogen-bond donors (Lipinski definition) is 2. The lowest BCUT2D eigenvalue weighted by Gasteiger charge is -2.07. The lowest BCUT2D eigenvalue weighted by Crippen LogP contribution is -2.07. The van der Waals surface area contributed by atoms with Gasteiger partial charge in [-0.3, -0.25) is 0 Å². The molecule has 0 bridgehead atoms. The minimum atomic E-state index is 0.124. The Hall–Kier alpha value is -1.85. The van der Waals surface area contributed by atoms with Gasteiger partial charge in [-0.25, -0.2) is 9.97 Å². The lowest BCUT2D eigenvalue weighted by molar-refractivity contribution is 0.292. The monoisotopic (exact) mass is 293 g/mol. The van der Waals surface area contributed by atoms with Crippen LogP contribution in [0.1, 0.15) is 6.42 Å². The molecule has 106 valence electrons. The van der Waals surface area contributed by atoms with Crippen molar-refractivity contribution in [1.29, 1.82) is 0 Å². The molecule has 0 spiro atoms. The first-order chi connectivity index (χ1) is 9.72. The maximum absolute atomic E-state index is 8.76. The summed E-state index contributed by atoms with van der Waals surface area (Å²) in [6, 6.07) is 9.26. The molecule has 6 heteroatoms. The van der Waals surface area contributed by atoms with Crippen LogP contribution in [0.2, 0.25) is 5.15 Å². The summed E-state index contributed by atoms with van der Waals surface area (Å²) in [4.78, 5) is 8.50. The summed E-state index contributed by atoms with van der Waals surface area (Å²) in [5.74, 6) is 1.24. The molecule has 0 amide bonds. The molecule has 1 aromatic carbocycles. The van der Waals surface area contributed by atoms with E-state index in [-0.39, 0.29) is 6.61 Å². The molecule has 0 fully saturated rings. The van der Waals surface area contributed by atoms with Crippen molar-refractivity contribution in [2.75, 3.05) is 25.6 Å². The molecule has 1 aromatic heterocycles. The Morgan fingerprint density at radius 3 is 2.65 bits per heavy atom. The Kier molecular flexibility index (Phi) is 5.15. The summed E-state index contributed by atoms with van der Waals surface area (Å²) in [5.41, 5.74) is 1.67. The van der Waals surface area contributed by atoms with E-state index in [0.29, 0.717) is 24.1 Å². The second kappa shape index (κ2) is 7.07. The van der Waals surface area contributed by atoms with E-state index in [1.165, 1.54) is 0 Å². The van der Waals surface area contributed by atoms with Crippen LogP contribution in [0.4, 0.5) is 5.95 Å². The number of nitrogens with zero attached hydrogens (tertiary/aromatic N) is 2. The van der Waals surface area contributed by atoms with Crippen LogP contribution in [-0.4, -0.2) is 35.3 Å². The molecular weight excluding hydrogens is 278 g/mol. The molecule has 2 aromatic rings. The van der Waals surface area contributed by atoms with Crippen LogP contribution < -0.4 is 10.1 Å². The number of benzene rings is 1. The number of methoxy groups -OCH3 is 1. The number of aliphatic hydroxyl groups is 1. The first-order valence-corrected chi connectivity index (χ1v) is 6.64. The van der Waals surface area contributed by atoms with Gasteiger partial charge in [-0.15, -0.1) is 0 Å². The van der Waals surface area contributed by atoms with Crippen molar-refractivity contribution in [1.82, 2.24) is 9.97 Å². The van der Waals surface area contributed by atoms with Crippen LogP contribution in [-0.2, 0) is 0 Å². The summed E-state index contributed by atoms with van der Waals surface area (Å²) in [5, 5.41) is 12.2.